The van der Waals surface area contributed by atoms with Crippen LogP contribution in [0.5, 0.6) is 0 Å². The minimum Gasteiger partial charge on any atom is -0.466 e. The van der Waals surface area contributed by atoms with Gasteiger partial charge in [0.2, 0.25) is 0 Å². The number of nitrogens with one attached hydrogen (secondary N) is 1. The molecule has 96 valence electrons. The summed E-state index contributed by atoms with van der Waals surface area (Å²) >= 11 is 0. The van der Waals surface area contributed by atoms with Crippen LogP contribution in [-0.4, -0.2) is 25.0 Å². The van der Waals surface area contributed by atoms with Crippen molar-refractivity contribution in [2.45, 2.75) is 13.3 Å². The molecule has 0 aliphatic heterocycles. The standard InChI is InChI=1S/C14H17NO3/c1-3-11-5-7-12(8-6-11)14(17)15-10-9-13(16)18-4-2/h3,5-8H,1,4,9-10H2,2H3,(H,15,17). The van der Waals surface area contributed by atoms with E-state index in [1.165, 1.54) is 0 Å². The number of esters is 1. The van der Waals surface area contributed by atoms with E-state index in [1.54, 1.807) is 25.1 Å². The van der Waals surface area contributed by atoms with Gasteiger partial charge in [0, 0.05) is 12.1 Å². The third-order valence-corrected chi connectivity index (χ3v) is 2.33. The van der Waals surface area contributed by atoms with E-state index < -0.39 is 0 Å². The maximum Gasteiger partial charge on any atom is 0.307 e. The number of ether oxygens (including phenoxy) is 1. The topological polar surface area (TPSA) is 55.4 Å². The third kappa shape index (κ3) is 4.41. The first kappa shape index (κ1) is 14.0. The molecule has 4 heteroatoms. The van der Waals surface area contributed by atoms with Gasteiger partial charge in [-0.2, -0.15) is 0 Å². The lowest BCUT2D eigenvalue weighted by Crippen LogP contribution is -2.26. The van der Waals surface area contributed by atoms with E-state index in [2.05, 4.69) is 11.9 Å². The summed E-state index contributed by atoms with van der Waals surface area (Å²) in [6, 6.07) is 7.06. The lowest BCUT2D eigenvalue weighted by atomic mass is 10.1. The average Bonchev–Trinajstić information content (AvgIpc) is 2.39. The summed E-state index contributed by atoms with van der Waals surface area (Å²) in [5.41, 5.74) is 1.52. The second-order valence-corrected chi connectivity index (χ2v) is 3.64. The monoisotopic (exact) mass is 247 g/mol. The summed E-state index contributed by atoms with van der Waals surface area (Å²) in [6.45, 7) is 6.02. The van der Waals surface area contributed by atoms with Crippen molar-refractivity contribution in [2.75, 3.05) is 13.2 Å². The van der Waals surface area contributed by atoms with E-state index >= 15 is 0 Å². The Morgan fingerprint density at radius 2 is 2.00 bits per heavy atom. The molecule has 1 aromatic rings. The van der Waals surface area contributed by atoms with Crippen LogP contribution in [-0.2, 0) is 9.53 Å². The molecule has 0 radical (unpaired) electrons. The van der Waals surface area contributed by atoms with Crippen molar-refractivity contribution >= 4 is 18.0 Å². The number of hydrogen-bond donors (Lipinski definition) is 1. The number of benzene rings is 1. The molecule has 1 N–H and O–H groups in total. The van der Waals surface area contributed by atoms with Crippen LogP contribution in [0.1, 0.15) is 29.3 Å². The van der Waals surface area contributed by atoms with Crippen molar-refractivity contribution in [3.63, 3.8) is 0 Å². The lowest BCUT2D eigenvalue weighted by Gasteiger charge is -2.05. The van der Waals surface area contributed by atoms with Crippen LogP contribution in [0, 0.1) is 0 Å². The third-order valence-electron chi connectivity index (χ3n) is 2.33. The Morgan fingerprint density at radius 3 is 2.56 bits per heavy atom. The fourth-order valence-electron chi connectivity index (χ4n) is 1.38. The molecule has 0 bridgehead atoms. The number of carbonyl (C=O) groups is 2. The second-order valence-electron chi connectivity index (χ2n) is 3.64. The Balaban J connectivity index is 2.40. The summed E-state index contributed by atoms with van der Waals surface area (Å²) < 4.78 is 4.76. The number of amides is 1. The molecule has 0 aromatic heterocycles. The van der Waals surface area contributed by atoms with Gasteiger partial charge in [-0.3, -0.25) is 9.59 Å². The molecule has 0 aliphatic rings. The van der Waals surface area contributed by atoms with Gasteiger partial charge in [-0.05, 0) is 24.6 Å². The van der Waals surface area contributed by atoms with Crippen molar-refractivity contribution in [2.24, 2.45) is 0 Å². The summed E-state index contributed by atoms with van der Waals surface area (Å²) in [4.78, 5) is 22.8. The Kier molecular flexibility index (Phi) is 5.64. The van der Waals surface area contributed by atoms with Crippen molar-refractivity contribution in [3.8, 4) is 0 Å². The molecule has 1 rings (SSSR count). The van der Waals surface area contributed by atoms with Gasteiger partial charge in [-0.1, -0.05) is 24.8 Å². The molecule has 18 heavy (non-hydrogen) atoms. The molecule has 4 nitrogen and oxygen atoms in total. The van der Waals surface area contributed by atoms with Gasteiger partial charge in [-0.15, -0.1) is 0 Å². The zero-order chi connectivity index (χ0) is 13.4. The molecule has 0 atom stereocenters. The Labute approximate surface area is 107 Å². The van der Waals surface area contributed by atoms with Crippen molar-refractivity contribution in [1.82, 2.24) is 5.32 Å². The molecular formula is C14H17NO3. The molecule has 0 unspecified atom stereocenters. The maximum atomic E-state index is 11.7. The number of rotatable bonds is 6. The summed E-state index contributed by atoms with van der Waals surface area (Å²) in [5, 5.41) is 2.66. The zero-order valence-corrected chi connectivity index (χ0v) is 10.4. The lowest BCUT2D eigenvalue weighted by molar-refractivity contribution is -0.142. The van der Waals surface area contributed by atoms with E-state index in [1.807, 2.05) is 12.1 Å². The average molecular weight is 247 g/mol. The number of carbonyl (C=O) groups excluding carboxylic acids is 2. The first-order valence-corrected chi connectivity index (χ1v) is 5.83. The van der Waals surface area contributed by atoms with Crippen LogP contribution in [0.3, 0.4) is 0 Å². The highest BCUT2D eigenvalue weighted by Crippen LogP contribution is 2.05. The molecule has 1 amide bonds. The van der Waals surface area contributed by atoms with Crippen LogP contribution in [0.25, 0.3) is 6.08 Å². The van der Waals surface area contributed by atoms with E-state index in [0.29, 0.717) is 12.2 Å². The van der Waals surface area contributed by atoms with Gasteiger partial charge in [0.1, 0.15) is 0 Å². The first-order valence-electron chi connectivity index (χ1n) is 5.83. The minimum atomic E-state index is -0.306. The molecule has 0 spiro atoms. The molecule has 0 saturated carbocycles. The van der Waals surface area contributed by atoms with E-state index in [-0.39, 0.29) is 24.8 Å². The second kappa shape index (κ2) is 7.27. The molecule has 0 aliphatic carbocycles. The Morgan fingerprint density at radius 1 is 1.33 bits per heavy atom. The van der Waals surface area contributed by atoms with Gasteiger partial charge in [0.05, 0.1) is 13.0 Å². The van der Waals surface area contributed by atoms with Gasteiger partial charge in [0.25, 0.3) is 5.91 Å². The molecule has 1 aromatic carbocycles. The summed E-state index contributed by atoms with van der Waals surface area (Å²) in [5.74, 6) is -0.505. The van der Waals surface area contributed by atoms with Crippen LogP contribution < -0.4 is 5.32 Å². The van der Waals surface area contributed by atoms with Gasteiger partial charge >= 0.3 is 5.97 Å². The van der Waals surface area contributed by atoms with Crippen LogP contribution in [0.15, 0.2) is 30.8 Å². The fraction of sp³-hybridized carbons (Fsp3) is 0.286. The SMILES string of the molecule is C=Cc1ccc(C(=O)NCCC(=O)OCC)cc1. The highest BCUT2D eigenvalue weighted by atomic mass is 16.5. The fourth-order valence-corrected chi connectivity index (χ4v) is 1.38. The molecule has 0 saturated heterocycles. The van der Waals surface area contributed by atoms with Crippen LogP contribution >= 0.6 is 0 Å². The predicted octanol–water partition coefficient (Wildman–Crippen LogP) is 2.01. The summed E-state index contributed by atoms with van der Waals surface area (Å²) in [7, 11) is 0. The highest BCUT2D eigenvalue weighted by Gasteiger charge is 2.06. The van der Waals surface area contributed by atoms with E-state index in [0.717, 1.165) is 5.56 Å². The Bertz CT molecular complexity index is 423. The smallest absolute Gasteiger partial charge is 0.307 e. The first-order chi connectivity index (χ1) is 8.67. The predicted molar refractivity (Wildman–Crippen MR) is 70.1 cm³/mol. The van der Waals surface area contributed by atoms with E-state index in [9.17, 15) is 9.59 Å². The van der Waals surface area contributed by atoms with Crippen molar-refractivity contribution < 1.29 is 14.3 Å². The van der Waals surface area contributed by atoms with Crippen LogP contribution in [0.2, 0.25) is 0 Å². The number of hydrogen-bond acceptors (Lipinski definition) is 3. The highest BCUT2D eigenvalue weighted by molar-refractivity contribution is 5.94. The molecular weight excluding hydrogens is 230 g/mol. The zero-order valence-electron chi connectivity index (χ0n) is 10.4. The normalized spacial score (nSPS) is 9.61. The summed E-state index contributed by atoms with van der Waals surface area (Å²) in [6.07, 6.45) is 1.90. The minimum absolute atomic E-state index is 0.185. The maximum absolute atomic E-state index is 11.7. The Hall–Kier alpha value is -2.10. The van der Waals surface area contributed by atoms with Gasteiger partial charge in [-0.25, -0.2) is 0 Å². The van der Waals surface area contributed by atoms with Gasteiger partial charge in [0.15, 0.2) is 0 Å². The largest absolute Gasteiger partial charge is 0.466 e. The van der Waals surface area contributed by atoms with Crippen molar-refractivity contribution in [3.05, 3.63) is 42.0 Å². The quantitative estimate of drug-likeness (QED) is 0.782. The van der Waals surface area contributed by atoms with Gasteiger partial charge < -0.3 is 10.1 Å². The van der Waals surface area contributed by atoms with Crippen LogP contribution in [0.4, 0.5) is 0 Å². The van der Waals surface area contributed by atoms with Crippen molar-refractivity contribution in [1.29, 1.82) is 0 Å². The molecule has 0 heterocycles. The van der Waals surface area contributed by atoms with E-state index in [4.69, 9.17) is 4.74 Å². The molecule has 0 fully saturated rings.